The smallest absolute Gasteiger partial charge is 0.251 e. The Morgan fingerprint density at radius 3 is 2.25 bits per heavy atom. The van der Waals surface area contributed by atoms with Gasteiger partial charge in [-0.2, -0.15) is 5.26 Å². The molecule has 0 aliphatic heterocycles. The van der Waals surface area contributed by atoms with Crippen molar-refractivity contribution in [1.29, 1.82) is 5.26 Å². The van der Waals surface area contributed by atoms with E-state index in [0.29, 0.717) is 11.8 Å². The molecule has 5 saturated carbocycles. The molecule has 148 valence electrons. The Hall–Kier alpha value is -2.16. The molecule has 1 heterocycles. The van der Waals surface area contributed by atoms with Crippen LogP contribution in [0.3, 0.4) is 0 Å². The van der Waals surface area contributed by atoms with E-state index in [1.807, 2.05) is 6.07 Å². The standard InChI is InChI=1S/C22H28N4O2/c23-13-19-20(25-6-5-24-19)28-18-3-1-17(2-4-18)26-21(27)22-10-14-7-15(11-22)9-16(8-14)12-22/h5-6,14-18H,1-4,7-12H2,(H,26,27). The quantitative estimate of drug-likeness (QED) is 0.865. The average molecular weight is 380 g/mol. The maximum absolute atomic E-state index is 13.2. The van der Waals surface area contributed by atoms with Crippen LogP contribution >= 0.6 is 0 Å². The van der Waals surface area contributed by atoms with Crippen molar-refractivity contribution < 1.29 is 9.53 Å². The summed E-state index contributed by atoms with van der Waals surface area (Å²) in [4.78, 5) is 21.4. The van der Waals surface area contributed by atoms with Crippen molar-refractivity contribution in [3.8, 4) is 11.9 Å². The topological polar surface area (TPSA) is 87.9 Å². The number of carbonyl (C=O) groups excluding carboxylic acids is 1. The summed E-state index contributed by atoms with van der Waals surface area (Å²) in [6.07, 6.45) is 14.1. The summed E-state index contributed by atoms with van der Waals surface area (Å²) in [5, 5.41) is 12.5. The summed E-state index contributed by atoms with van der Waals surface area (Å²) in [7, 11) is 0. The fraction of sp³-hybridized carbons (Fsp3) is 0.727. The first-order chi connectivity index (χ1) is 13.6. The SMILES string of the molecule is N#Cc1nccnc1OC1CCC(NC(=O)C23CC4CC(CC(C4)C2)C3)CC1. The third-order valence-corrected chi connectivity index (χ3v) is 7.58. The molecule has 0 aromatic carbocycles. The lowest BCUT2D eigenvalue weighted by molar-refractivity contribution is -0.147. The maximum atomic E-state index is 13.2. The molecule has 1 N–H and O–H groups in total. The highest BCUT2D eigenvalue weighted by Crippen LogP contribution is 2.60. The molecule has 4 bridgehead atoms. The molecule has 1 aromatic heterocycles. The highest BCUT2D eigenvalue weighted by Gasteiger charge is 2.54. The van der Waals surface area contributed by atoms with Gasteiger partial charge in [0.1, 0.15) is 12.2 Å². The van der Waals surface area contributed by atoms with E-state index in [2.05, 4.69) is 15.3 Å². The minimum absolute atomic E-state index is 0.0384. The van der Waals surface area contributed by atoms with E-state index in [-0.39, 0.29) is 23.3 Å². The van der Waals surface area contributed by atoms with Gasteiger partial charge in [0.05, 0.1) is 0 Å². The lowest BCUT2D eigenvalue weighted by atomic mass is 9.49. The van der Waals surface area contributed by atoms with Gasteiger partial charge < -0.3 is 10.1 Å². The lowest BCUT2D eigenvalue weighted by Crippen LogP contribution is -2.55. The Morgan fingerprint density at radius 1 is 1.04 bits per heavy atom. The van der Waals surface area contributed by atoms with E-state index in [1.165, 1.54) is 25.5 Å². The molecule has 0 saturated heterocycles. The third kappa shape index (κ3) is 3.25. The first kappa shape index (κ1) is 17.9. The van der Waals surface area contributed by atoms with Crippen LogP contribution in [0.4, 0.5) is 0 Å². The number of rotatable bonds is 4. The number of ether oxygens (including phenoxy) is 1. The van der Waals surface area contributed by atoms with Gasteiger partial charge in [0.25, 0.3) is 5.88 Å². The van der Waals surface area contributed by atoms with Gasteiger partial charge in [0.15, 0.2) is 0 Å². The largest absolute Gasteiger partial charge is 0.472 e. The van der Waals surface area contributed by atoms with Crippen molar-refractivity contribution in [1.82, 2.24) is 15.3 Å². The van der Waals surface area contributed by atoms with Crippen LogP contribution in [-0.4, -0.2) is 28.0 Å². The summed E-state index contributed by atoms with van der Waals surface area (Å²) in [5.74, 6) is 3.04. The average Bonchev–Trinajstić information content (AvgIpc) is 2.69. The van der Waals surface area contributed by atoms with Crippen LogP contribution < -0.4 is 10.1 Å². The molecule has 0 radical (unpaired) electrons. The molecule has 5 fully saturated rings. The zero-order chi connectivity index (χ0) is 19.1. The summed E-state index contributed by atoms with van der Waals surface area (Å²) < 4.78 is 5.92. The number of aromatic nitrogens is 2. The van der Waals surface area contributed by atoms with Gasteiger partial charge in [-0.25, -0.2) is 9.97 Å². The molecule has 6 rings (SSSR count). The molecular formula is C22H28N4O2. The number of hydrogen-bond acceptors (Lipinski definition) is 5. The van der Waals surface area contributed by atoms with Crippen molar-refractivity contribution in [2.75, 3.05) is 0 Å². The van der Waals surface area contributed by atoms with Gasteiger partial charge in [0, 0.05) is 23.9 Å². The first-order valence-electron chi connectivity index (χ1n) is 10.8. The number of nitrogens with one attached hydrogen (secondary N) is 1. The highest BCUT2D eigenvalue weighted by molar-refractivity contribution is 5.83. The van der Waals surface area contributed by atoms with E-state index in [0.717, 1.165) is 62.7 Å². The lowest BCUT2D eigenvalue weighted by Gasteiger charge is -2.56. The summed E-state index contributed by atoms with van der Waals surface area (Å²) in [6.45, 7) is 0. The first-order valence-corrected chi connectivity index (χ1v) is 10.8. The van der Waals surface area contributed by atoms with Crippen molar-refractivity contribution in [3.05, 3.63) is 18.1 Å². The Balaban J connectivity index is 1.16. The van der Waals surface area contributed by atoms with Crippen LogP contribution in [0.2, 0.25) is 0 Å². The van der Waals surface area contributed by atoms with Crippen LogP contribution in [0.1, 0.15) is 69.9 Å². The fourth-order valence-electron chi connectivity index (χ4n) is 6.70. The Morgan fingerprint density at radius 2 is 1.64 bits per heavy atom. The number of hydrogen-bond donors (Lipinski definition) is 1. The molecule has 6 nitrogen and oxygen atoms in total. The molecule has 28 heavy (non-hydrogen) atoms. The zero-order valence-corrected chi connectivity index (χ0v) is 16.3. The predicted octanol–water partition coefficient (Wildman–Crippen LogP) is 3.37. The maximum Gasteiger partial charge on any atom is 0.251 e. The van der Waals surface area contributed by atoms with Gasteiger partial charge in [-0.3, -0.25) is 4.79 Å². The second-order valence-electron chi connectivity index (χ2n) is 9.58. The van der Waals surface area contributed by atoms with E-state index >= 15 is 0 Å². The van der Waals surface area contributed by atoms with Crippen LogP contribution in [0.15, 0.2) is 12.4 Å². The normalized spacial score (nSPS) is 38.6. The van der Waals surface area contributed by atoms with Crippen LogP contribution in [0.5, 0.6) is 5.88 Å². The third-order valence-electron chi connectivity index (χ3n) is 7.58. The molecule has 1 amide bonds. The van der Waals surface area contributed by atoms with Crippen LogP contribution in [-0.2, 0) is 4.79 Å². The van der Waals surface area contributed by atoms with Gasteiger partial charge in [-0.1, -0.05) is 0 Å². The zero-order valence-electron chi connectivity index (χ0n) is 16.3. The summed E-state index contributed by atoms with van der Waals surface area (Å²) in [5.41, 5.74) is 0.170. The van der Waals surface area contributed by atoms with Gasteiger partial charge in [0.2, 0.25) is 11.6 Å². The monoisotopic (exact) mass is 380 g/mol. The van der Waals surface area contributed by atoms with Crippen LogP contribution in [0, 0.1) is 34.5 Å². The van der Waals surface area contributed by atoms with Crippen molar-refractivity contribution in [3.63, 3.8) is 0 Å². The molecule has 5 aliphatic carbocycles. The molecular weight excluding hydrogens is 352 g/mol. The molecule has 0 unspecified atom stereocenters. The second kappa shape index (κ2) is 7.02. The van der Waals surface area contributed by atoms with Crippen molar-refractivity contribution >= 4 is 5.91 Å². The summed E-state index contributed by atoms with van der Waals surface area (Å²) >= 11 is 0. The number of nitriles is 1. The van der Waals surface area contributed by atoms with E-state index in [1.54, 1.807) is 6.20 Å². The minimum Gasteiger partial charge on any atom is -0.472 e. The molecule has 6 heteroatoms. The van der Waals surface area contributed by atoms with E-state index < -0.39 is 0 Å². The Kier molecular flexibility index (Phi) is 4.49. The minimum atomic E-state index is -0.0660. The summed E-state index contributed by atoms with van der Waals surface area (Å²) in [6, 6.07) is 2.28. The Bertz CT molecular complexity index is 759. The molecule has 5 aliphatic rings. The highest BCUT2D eigenvalue weighted by atomic mass is 16.5. The Labute approximate surface area is 166 Å². The molecule has 0 atom stereocenters. The van der Waals surface area contributed by atoms with Gasteiger partial charge >= 0.3 is 0 Å². The number of nitrogens with zero attached hydrogens (tertiary/aromatic N) is 3. The van der Waals surface area contributed by atoms with E-state index in [4.69, 9.17) is 10.00 Å². The fourth-order valence-corrected chi connectivity index (χ4v) is 6.70. The molecule has 0 spiro atoms. The van der Waals surface area contributed by atoms with Gasteiger partial charge in [-0.15, -0.1) is 0 Å². The molecule has 1 aromatic rings. The van der Waals surface area contributed by atoms with Crippen LogP contribution in [0.25, 0.3) is 0 Å². The van der Waals surface area contributed by atoms with Crippen molar-refractivity contribution in [2.24, 2.45) is 23.2 Å². The van der Waals surface area contributed by atoms with Gasteiger partial charge in [-0.05, 0) is 82.0 Å². The number of amides is 1. The predicted molar refractivity (Wildman–Crippen MR) is 102 cm³/mol. The second-order valence-corrected chi connectivity index (χ2v) is 9.58. The number of carbonyl (C=O) groups is 1. The van der Waals surface area contributed by atoms with Crippen molar-refractivity contribution in [2.45, 2.75) is 76.4 Å². The van der Waals surface area contributed by atoms with E-state index in [9.17, 15) is 4.79 Å².